The van der Waals surface area contributed by atoms with E-state index in [0.29, 0.717) is 5.56 Å². The van der Waals surface area contributed by atoms with Crippen molar-refractivity contribution in [3.63, 3.8) is 0 Å². The molecule has 0 spiro atoms. The summed E-state index contributed by atoms with van der Waals surface area (Å²) in [6, 6.07) is 11.2. The fourth-order valence-electron chi connectivity index (χ4n) is 2.00. The fraction of sp³-hybridized carbons (Fsp3) is 0.294. The van der Waals surface area contributed by atoms with Gasteiger partial charge in [-0.15, -0.1) is 0 Å². The lowest BCUT2D eigenvalue weighted by atomic mass is 10.2. The van der Waals surface area contributed by atoms with Crippen molar-refractivity contribution < 1.29 is 4.79 Å². The predicted molar refractivity (Wildman–Crippen MR) is 90.3 cm³/mol. The molecule has 0 aliphatic carbocycles. The van der Waals surface area contributed by atoms with Crippen LogP contribution in [0.5, 0.6) is 0 Å². The Balaban J connectivity index is 1.83. The van der Waals surface area contributed by atoms with Crippen LogP contribution in [0.15, 0.2) is 48.8 Å². The molecule has 0 aliphatic heterocycles. The van der Waals surface area contributed by atoms with E-state index in [1.54, 1.807) is 24.5 Å². The van der Waals surface area contributed by atoms with Crippen LogP contribution in [0.3, 0.4) is 0 Å². The highest BCUT2D eigenvalue weighted by molar-refractivity contribution is 6.04. The van der Waals surface area contributed by atoms with Crippen LogP contribution in [-0.4, -0.2) is 43.0 Å². The molecule has 1 aromatic heterocycles. The maximum atomic E-state index is 12.0. The number of pyridine rings is 1. The summed E-state index contributed by atoms with van der Waals surface area (Å²) < 4.78 is 0. The molecule has 2 rings (SSSR count). The standard InChI is InChI=1S/C17H22N4O/c1-21(2)12-4-11-19-15-6-8-16(9-7-15)20-17(22)14-5-3-10-18-13-14/h3,5-10,13,19H,4,11-12H2,1-2H3,(H,20,22). The van der Waals surface area contributed by atoms with Crippen molar-refractivity contribution in [2.75, 3.05) is 37.8 Å². The van der Waals surface area contributed by atoms with Crippen LogP contribution in [0, 0.1) is 0 Å². The molecule has 2 N–H and O–H groups in total. The number of carbonyl (C=O) groups excluding carboxylic acids is 1. The minimum atomic E-state index is -0.153. The van der Waals surface area contributed by atoms with Gasteiger partial charge < -0.3 is 15.5 Å². The van der Waals surface area contributed by atoms with Crippen LogP contribution in [0.4, 0.5) is 11.4 Å². The number of nitrogens with one attached hydrogen (secondary N) is 2. The Kier molecular flexibility index (Phi) is 5.91. The second-order valence-corrected chi connectivity index (χ2v) is 5.36. The van der Waals surface area contributed by atoms with Gasteiger partial charge in [-0.2, -0.15) is 0 Å². The van der Waals surface area contributed by atoms with E-state index in [4.69, 9.17) is 0 Å². The van der Waals surface area contributed by atoms with Crippen molar-refractivity contribution in [1.82, 2.24) is 9.88 Å². The number of aromatic nitrogens is 1. The van der Waals surface area contributed by atoms with Gasteiger partial charge in [0.05, 0.1) is 5.56 Å². The number of carbonyl (C=O) groups is 1. The van der Waals surface area contributed by atoms with Gasteiger partial charge in [0.2, 0.25) is 0 Å². The lowest BCUT2D eigenvalue weighted by molar-refractivity contribution is 0.102. The van der Waals surface area contributed by atoms with Crippen molar-refractivity contribution in [3.05, 3.63) is 54.4 Å². The van der Waals surface area contributed by atoms with Gasteiger partial charge in [0.1, 0.15) is 0 Å². The highest BCUT2D eigenvalue weighted by atomic mass is 16.1. The SMILES string of the molecule is CN(C)CCCNc1ccc(NC(=O)c2cccnc2)cc1. The summed E-state index contributed by atoms with van der Waals surface area (Å²) in [4.78, 5) is 18.1. The van der Waals surface area contributed by atoms with E-state index in [1.807, 2.05) is 24.3 Å². The van der Waals surface area contributed by atoms with E-state index >= 15 is 0 Å². The molecule has 0 unspecified atom stereocenters. The number of benzene rings is 1. The molecule has 0 saturated heterocycles. The molecule has 1 aromatic carbocycles. The number of nitrogens with zero attached hydrogens (tertiary/aromatic N) is 2. The lowest BCUT2D eigenvalue weighted by Gasteiger charge is -2.11. The Labute approximate surface area is 131 Å². The Morgan fingerprint density at radius 2 is 1.86 bits per heavy atom. The van der Waals surface area contributed by atoms with Gasteiger partial charge in [-0.1, -0.05) is 0 Å². The van der Waals surface area contributed by atoms with Crippen LogP contribution in [-0.2, 0) is 0 Å². The van der Waals surface area contributed by atoms with Crippen molar-refractivity contribution in [2.45, 2.75) is 6.42 Å². The molecule has 0 aliphatic rings. The summed E-state index contributed by atoms with van der Waals surface area (Å²) in [5.74, 6) is -0.153. The third-order valence-corrected chi connectivity index (χ3v) is 3.18. The Morgan fingerprint density at radius 1 is 1.14 bits per heavy atom. The van der Waals surface area contributed by atoms with Crippen LogP contribution >= 0.6 is 0 Å². The molecule has 0 bridgehead atoms. The van der Waals surface area contributed by atoms with Crippen LogP contribution in [0.2, 0.25) is 0 Å². The van der Waals surface area contributed by atoms with Gasteiger partial charge >= 0.3 is 0 Å². The summed E-state index contributed by atoms with van der Waals surface area (Å²) in [5.41, 5.74) is 2.37. The maximum Gasteiger partial charge on any atom is 0.257 e. The number of amides is 1. The minimum Gasteiger partial charge on any atom is -0.385 e. The van der Waals surface area contributed by atoms with E-state index < -0.39 is 0 Å². The molecule has 0 radical (unpaired) electrons. The largest absolute Gasteiger partial charge is 0.385 e. The zero-order valence-electron chi connectivity index (χ0n) is 13.0. The normalized spacial score (nSPS) is 10.5. The lowest BCUT2D eigenvalue weighted by Crippen LogP contribution is -2.16. The number of hydrogen-bond acceptors (Lipinski definition) is 4. The van der Waals surface area contributed by atoms with E-state index in [9.17, 15) is 4.79 Å². The maximum absolute atomic E-state index is 12.0. The first-order valence-electron chi connectivity index (χ1n) is 7.35. The highest BCUT2D eigenvalue weighted by Crippen LogP contribution is 2.14. The summed E-state index contributed by atoms with van der Waals surface area (Å²) in [7, 11) is 4.14. The molecule has 0 atom stereocenters. The predicted octanol–water partition coefficient (Wildman–Crippen LogP) is 2.70. The van der Waals surface area contributed by atoms with Gasteiger partial charge in [0, 0.05) is 30.3 Å². The molecule has 116 valence electrons. The molecule has 5 nitrogen and oxygen atoms in total. The summed E-state index contributed by atoms with van der Waals surface area (Å²) in [5, 5.41) is 6.22. The average Bonchev–Trinajstić information content (AvgIpc) is 2.54. The topological polar surface area (TPSA) is 57.3 Å². The quantitative estimate of drug-likeness (QED) is 0.772. The first-order valence-corrected chi connectivity index (χ1v) is 7.35. The second kappa shape index (κ2) is 8.14. The second-order valence-electron chi connectivity index (χ2n) is 5.36. The average molecular weight is 298 g/mol. The fourth-order valence-corrected chi connectivity index (χ4v) is 2.00. The molecule has 0 fully saturated rings. The van der Waals surface area contributed by atoms with E-state index in [-0.39, 0.29) is 5.91 Å². The molecule has 1 amide bonds. The van der Waals surface area contributed by atoms with E-state index in [2.05, 4.69) is 34.6 Å². The highest BCUT2D eigenvalue weighted by Gasteiger charge is 2.05. The molecule has 22 heavy (non-hydrogen) atoms. The first kappa shape index (κ1) is 16.0. The van der Waals surface area contributed by atoms with Gasteiger partial charge in [-0.05, 0) is 63.5 Å². The molecular weight excluding hydrogens is 276 g/mol. The summed E-state index contributed by atoms with van der Waals surface area (Å²) in [6.45, 7) is 1.99. The van der Waals surface area contributed by atoms with Gasteiger partial charge in [0.15, 0.2) is 0 Å². The molecular formula is C17H22N4O. The third kappa shape index (κ3) is 5.18. The number of anilines is 2. The zero-order chi connectivity index (χ0) is 15.8. The van der Waals surface area contributed by atoms with E-state index in [1.165, 1.54) is 0 Å². The van der Waals surface area contributed by atoms with Crippen LogP contribution in [0.25, 0.3) is 0 Å². The minimum absolute atomic E-state index is 0.153. The van der Waals surface area contributed by atoms with Gasteiger partial charge in [-0.25, -0.2) is 0 Å². The van der Waals surface area contributed by atoms with E-state index in [0.717, 1.165) is 30.9 Å². The van der Waals surface area contributed by atoms with Crippen molar-refractivity contribution >= 4 is 17.3 Å². The molecule has 0 saturated carbocycles. The Morgan fingerprint density at radius 3 is 2.50 bits per heavy atom. The number of hydrogen-bond donors (Lipinski definition) is 2. The van der Waals surface area contributed by atoms with Crippen LogP contribution in [0.1, 0.15) is 16.8 Å². The molecule has 2 aromatic rings. The van der Waals surface area contributed by atoms with Crippen molar-refractivity contribution in [3.8, 4) is 0 Å². The zero-order valence-corrected chi connectivity index (χ0v) is 13.0. The van der Waals surface area contributed by atoms with Gasteiger partial charge in [0.25, 0.3) is 5.91 Å². The summed E-state index contributed by atoms with van der Waals surface area (Å²) in [6.07, 6.45) is 4.29. The summed E-state index contributed by atoms with van der Waals surface area (Å²) >= 11 is 0. The Hall–Kier alpha value is -2.40. The molecule has 1 heterocycles. The third-order valence-electron chi connectivity index (χ3n) is 3.18. The molecule has 5 heteroatoms. The smallest absolute Gasteiger partial charge is 0.257 e. The van der Waals surface area contributed by atoms with Crippen molar-refractivity contribution in [1.29, 1.82) is 0 Å². The Bertz CT molecular complexity index is 581. The van der Waals surface area contributed by atoms with Crippen molar-refractivity contribution in [2.24, 2.45) is 0 Å². The monoisotopic (exact) mass is 298 g/mol. The number of rotatable bonds is 7. The van der Waals surface area contributed by atoms with Gasteiger partial charge in [-0.3, -0.25) is 9.78 Å². The first-order chi connectivity index (χ1) is 10.6. The van der Waals surface area contributed by atoms with Crippen LogP contribution < -0.4 is 10.6 Å².